The summed E-state index contributed by atoms with van der Waals surface area (Å²) in [7, 11) is 0. The van der Waals surface area contributed by atoms with Crippen LogP contribution in [0.2, 0.25) is 5.02 Å². The van der Waals surface area contributed by atoms with Crippen LogP contribution in [0.3, 0.4) is 0 Å². The molecule has 1 aromatic heterocycles. The fourth-order valence-corrected chi connectivity index (χ4v) is 5.34. The number of hydrogen-bond acceptors (Lipinski definition) is 4. The van der Waals surface area contributed by atoms with Gasteiger partial charge in [0.15, 0.2) is 5.13 Å². The molecule has 0 N–H and O–H groups in total. The monoisotopic (exact) mass is 378 g/mol. The molecule has 1 saturated heterocycles. The maximum absolute atomic E-state index is 13.2. The van der Waals surface area contributed by atoms with Gasteiger partial charge in [0.2, 0.25) is 5.91 Å². The zero-order valence-electron chi connectivity index (χ0n) is 14.5. The second-order valence-electron chi connectivity index (χ2n) is 7.13. The van der Waals surface area contributed by atoms with E-state index in [4.69, 9.17) is 21.3 Å². The van der Waals surface area contributed by atoms with Crippen LogP contribution in [0.15, 0.2) is 12.1 Å². The molecule has 6 heteroatoms. The van der Waals surface area contributed by atoms with Crippen LogP contribution in [0.1, 0.15) is 44.1 Å². The molecule has 0 radical (unpaired) electrons. The molecule has 1 saturated carbocycles. The summed E-state index contributed by atoms with van der Waals surface area (Å²) < 4.78 is 6.83. The first-order valence-corrected chi connectivity index (χ1v) is 10.3. The van der Waals surface area contributed by atoms with Crippen molar-refractivity contribution in [1.29, 1.82) is 0 Å². The van der Waals surface area contributed by atoms with Crippen molar-refractivity contribution in [2.75, 3.05) is 18.1 Å². The summed E-state index contributed by atoms with van der Waals surface area (Å²) in [5, 5.41) is 1.50. The summed E-state index contributed by atoms with van der Waals surface area (Å²) in [6.07, 6.45) is 6.52. The standard InChI is InChI=1S/C19H23ClN2O2S/c1-12-9-14(20)10-16-17(12)21-19(25-16)22(11-15-7-4-8-24-15)18(23)13-5-2-3-6-13/h9-10,13,15H,2-8,11H2,1H3/t15-/m0/s1. The fraction of sp³-hybridized carbons (Fsp3) is 0.579. The average molecular weight is 379 g/mol. The Morgan fingerprint density at radius 2 is 2.12 bits per heavy atom. The third-order valence-corrected chi connectivity index (χ3v) is 6.49. The number of thiazole rings is 1. The first-order valence-electron chi connectivity index (χ1n) is 9.11. The van der Waals surface area contributed by atoms with Gasteiger partial charge in [-0.05, 0) is 50.3 Å². The van der Waals surface area contributed by atoms with E-state index in [9.17, 15) is 4.79 Å². The molecular formula is C19H23ClN2O2S. The van der Waals surface area contributed by atoms with Crippen molar-refractivity contribution < 1.29 is 9.53 Å². The van der Waals surface area contributed by atoms with E-state index in [-0.39, 0.29) is 17.9 Å². The molecule has 1 atom stereocenters. The number of benzene rings is 1. The van der Waals surface area contributed by atoms with Crippen molar-refractivity contribution in [3.05, 3.63) is 22.7 Å². The van der Waals surface area contributed by atoms with Crippen LogP contribution >= 0.6 is 22.9 Å². The Kier molecular flexibility index (Phi) is 4.98. The van der Waals surface area contributed by atoms with E-state index in [0.29, 0.717) is 11.6 Å². The highest BCUT2D eigenvalue weighted by molar-refractivity contribution is 7.22. The lowest BCUT2D eigenvalue weighted by atomic mass is 10.1. The number of aromatic nitrogens is 1. The molecule has 1 aliphatic heterocycles. The third kappa shape index (κ3) is 3.55. The molecule has 1 amide bonds. The predicted octanol–water partition coefficient (Wildman–Crippen LogP) is 4.96. The van der Waals surface area contributed by atoms with E-state index in [1.807, 2.05) is 24.0 Å². The van der Waals surface area contributed by atoms with Gasteiger partial charge >= 0.3 is 0 Å². The molecule has 25 heavy (non-hydrogen) atoms. The third-order valence-electron chi connectivity index (χ3n) is 5.25. The molecule has 4 nitrogen and oxygen atoms in total. The molecule has 2 aromatic rings. The smallest absolute Gasteiger partial charge is 0.231 e. The maximum atomic E-state index is 13.2. The molecule has 0 spiro atoms. The summed E-state index contributed by atoms with van der Waals surface area (Å²) in [5.41, 5.74) is 2.00. The maximum Gasteiger partial charge on any atom is 0.231 e. The number of ether oxygens (including phenoxy) is 1. The van der Waals surface area contributed by atoms with Crippen LogP contribution in [0.4, 0.5) is 5.13 Å². The zero-order valence-corrected chi connectivity index (χ0v) is 16.0. The number of amides is 1. The van der Waals surface area contributed by atoms with Gasteiger partial charge < -0.3 is 4.74 Å². The number of carbonyl (C=O) groups is 1. The van der Waals surface area contributed by atoms with Gasteiger partial charge in [0.05, 0.1) is 22.9 Å². The molecule has 1 aliphatic carbocycles. The van der Waals surface area contributed by atoms with E-state index < -0.39 is 0 Å². The Morgan fingerprint density at radius 3 is 2.84 bits per heavy atom. The Bertz CT molecular complexity index is 779. The van der Waals surface area contributed by atoms with Crippen LogP contribution in [0, 0.1) is 12.8 Å². The molecule has 4 rings (SSSR count). The zero-order chi connectivity index (χ0) is 17.4. The van der Waals surface area contributed by atoms with Gasteiger partial charge in [-0.15, -0.1) is 0 Å². The van der Waals surface area contributed by atoms with E-state index in [1.54, 1.807) is 11.3 Å². The predicted molar refractivity (Wildman–Crippen MR) is 103 cm³/mol. The van der Waals surface area contributed by atoms with Crippen molar-refractivity contribution >= 4 is 44.2 Å². The van der Waals surface area contributed by atoms with Gasteiger partial charge in [-0.2, -0.15) is 0 Å². The molecular weight excluding hydrogens is 356 g/mol. The molecule has 0 bridgehead atoms. The van der Waals surface area contributed by atoms with Gasteiger partial charge in [-0.25, -0.2) is 4.98 Å². The highest BCUT2D eigenvalue weighted by Gasteiger charge is 2.32. The minimum Gasteiger partial charge on any atom is -0.376 e. The summed E-state index contributed by atoms with van der Waals surface area (Å²) in [6.45, 7) is 3.42. The normalized spacial score (nSPS) is 21.3. The van der Waals surface area contributed by atoms with Crippen LogP contribution in [0.5, 0.6) is 0 Å². The van der Waals surface area contributed by atoms with E-state index in [0.717, 1.165) is 66.0 Å². The van der Waals surface area contributed by atoms with Crippen molar-refractivity contribution in [1.82, 2.24) is 4.98 Å². The minimum absolute atomic E-state index is 0.127. The largest absolute Gasteiger partial charge is 0.376 e. The topological polar surface area (TPSA) is 42.4 Å². The lowest BCUT2D eigenvalue weighted by Gasteiger charge is -2.25. The Morgan fingerprint density at radius 1 is 1.32 bits per heavy atom. The molecule has 2 aliphatic rings. The number of hydrogen-bond donors (Lipinski definition) is 0. The lowest BCUT2D eigenvalue weighted by Crippen LogP contribution is -2.40. The first-order chi connectivity index (χ1) is 12.1. The molecule has 134 valence electrons. The van der Waals surface area contributed by atoms with Crippen LogP contribution in [-0.4, -0.2) is 30.1 Å². The number of rotatable bonds is 4. The SMILES string of the molecule is Cc1cc(Cl)cc2sc(N(C[C@@H]3CCCO3)C(=O)C3CCCC3)nc12. The number of aryl methyl sites for hydroxylation is 1. The van der Waals surface area contributed by atoms with Crippen molar-refractivity contribution in [2.45, 2.75) is 51.6 Å². The number of nitrogens with zero attached hydrogens (tertiary/aromatic N) is 2. The van der Waals surface area contributed by atoms with Crippen molar-refractivity contribution in [3.63, 3.8) is 0 Å². The number of carbonyl (C=O) groups excluding carboxylic acids is 1. The average Bonchev–Trinajstić information content (AvgIpc) is 3.32. The van der Waals surface area contributed by atoms with Crippen molar-refractivity contribution in [3.8, 4) is 0 Å². The Labute approximate surface area is 157 Å². The van der Waals surface area contributed by atoms with Gasteiger partial charge in [-0.3, -0.25) is 9.69 Å². The van der Waals surface area contributed by atoms with Crippen LogP contribution in [0.25, 0.3) is 10.2 Å². The minimum atomic E-state index is 0.127. The number of anilines is 1. The number of halogens is 1. The van der Waals surface area contributed by atoms with Crippen LogP contribution in [-0.2, 0) is 9.53 Å². The summed E-state index contributed by atoms with van der Waals surface area (Å²) in [4.78, 5) is 19.9. The number of fused-ring (bicyclic) bond motifs is 1. The van der Waals surface area contributed by atoms with Gasteiger partial charge in [0.1, 0.15) is 0 Å². The first kappa shape index (κ1) is 17.3. The highest BCUT2D eigenvalue weighted by Crippen LogP contribution is 2.36. The quantitative estimate of drug-likeness (QED) is 0.755. The molecule has 2 heterocycles. The molecule has 1 aromatic carbocycles. The Balaban J connectivity index is 1.68. The van der Waals surface area contributed by atoms with Gasteiger partial charge in [0, 0.05) is 17.5 Å². The van der Waals surface area contributed by atoms with Gasteiger partial charge in [-0.1, -0.05) is 35.8 Å². The second-order valence-corrected chi connectivity index (χ2v) is 8.58. The van der Waals surface area contributed by atoms with Gasteiger partial charge in [0.25, 0.3) is 0 Å². The second kappa shape index (κ2) is 7.22. The van der Waals surface area contributed by atoms with Crippen molar-refractivity contribution in [2.24, 2.45) is 5.92 Å². The summed E-state index contributed by atoms with van der Waals surface area (Å²) >= 11 is 7.75. The van der Waals surface area contributed by atoms with E-state index in [2.05, 4.69) is 0 Å². The molecule has 2 fully saturated rings. The van der Waals surface area contributed by atoms with E-state index in [1.165, 1.54) is 0 Å². The summed E-state index contributed by atoms with van der Waals surface area (Å²) in [6, 6.07) is 3.87. The lowest BCUT2D eigenvalue weighted by molar-refractivity contribution is -0.122. The Hall–Kier alpha value is -1.17. The molecule has 0 unspecified atom stereocenters. The fourth-order valence-electron chi connectivity index (χ4n) is 3.91. The van der Waals surface area contributed by atoms with Crippen LogP contribution < -0.4 is 4.90 Å². The summed E-state index contributed by atoms with van der Waals surface area (Å²) in [5.74, 6) is 0.355. The van der Waals surface area contributed by atoms with E-state index >= 15 is 0 Å². The highest BCUT2D eigenvalue weighted by atomic mass is 35.5.